The smallest absolute Gasteiger partial charge is 0.120 e. The minimum atomic E-state index is 0.804. The van der Waals surface area contributed by atoms with E-state index in [1.807, 2.05) is 0 Å². The molecule has 0 amide bonds. The van der Waals surface area contributed by atoms with E-state index < -0.39 is 0 Å². The maximum absolute atomic E-state index is 5.93. The van der Waals surface area contributed by atoms with Crippen LogP contribution in [-0.4, -0.2) is 18.5 Å². The van der Waals surface area contributed by atoms with Crippen LogP contribution in [0.5, 0.6) is 0 Å². The van der Waals surface area contributed by atoms with E-state index in [0.29, 0.717) is 0 Å². The van der Waals surface area contributed by atoms with Gasteiger partial charge in [-0.25, -0.2) is 0 Å². The summed E-state index contributed by atoms with van der Waals surface area (Å²) in [6.07, 6.45) is 0. The second-order valence-corrected chi connectivity index (χ2v) is 6.31. The van der Waals surface area contributed by atoms with Crippen molar-refractivity contribution in [3.05, 3.63) is 57.5 Å². The molecule has 0 bridgehead atoms. The molecular weight excluding hydrogens is 328 g/mol. The van der Waals surface area contributed by atoms with Crippen LogP contribution >= 0.6 is 15.9 Å². The molecule has 0 aliphatic heterocycles. The van der Waals surface area contributed by atoms with Gasteiger partial charge in [-0.15, -0.1) is 0 Å². The molecule has 1 aromatic carbocycles. The minimum Gasteiger partial charge on any atom is -0.463 e. The van der Waals surface area contributed by atoms with Crippen LogP contribution in [0.1, 0.15) is 29.6 Å². The number of furan rings is 1. The van der Waals surface area contributed by atoms with E-state index in [1.54, 1.807) is 0 Å². The maximum Gasteiger partial charge on any atom is 0.120 e. The van der Waals surface area contributed by atoms with Gasteiger partial charge in [-0.1, -0.05) is 35.0 Å². The Hall–Kier alpha value is -1.10. The second-order valence-electron chi connectivity index (χ2n) is 5.40. The molecule has 0 spiro atoms. The van der Waals surface area contributed by atoms with Gasteiger partial charge in [0.2, 0.25) is 0 Å². The molecule has 0 fully saturated rings. The Morgan fingerprint density at radius 3 is 2.57 bits per heavy atom. The van der Waals surface area contributed by atoms with Crippen molar-refractivity contribution >= 4 is 15.9 Å². The van der Waals surface area contributed by atoms with Crippen molar-refractivity contribution in [2.75, 3.05) is 13.6 Å². The highest BCUT2D eigenvalue weighted by Crippen LogP contribution is 2.17. The molecule has 1 aromatic heterocycles. The Bertz CT molecular complexity index is 563. The van der Waals surface area contributed by atoms with Crippen molar-refractivity contribution in [2.24, 2.45) is 0 Å². The number of rotatable bonds is 7. The van der Waals surface area contributed by atoms with Crippen LogP contribution in [0.4, 0.5) is 0 Å². The summed E-state index contributed by atoms with van der Waals surface area (Å²) in [7, 11) is 2.11. The molecule has 3 nitrogen and oxygen atoms in total. The summed E-state index contributed by atoms with van der Waals surface area (Å²) in [6.45, 7) is 7.70. The van der Waals surface area contributed by atoms with Crippen molar-refractivity contribution in [1.29, 1.82) is 0 Å². The predicted octanol–water partition coefficient (Wildman–Crippen LogP) is 4.09. The lowest BCUT2D eigenvalue weighted by Crippen LogP contribution is -2.16. The highest BCUT2D eigenvalue weighted by molar-refractivity contribution is 9.10. The van der Waals surface area contributed by atoms with Gasteiger partial charge in [0, 0.05) is 11.0 Å². The average Bonchev–Trinajstić information content (AvgIpc) is 2.79. The van der Waals surface area contributed by atoms with Crippen molar-refractivity contribution in [2.45, 2.75) is 33.5 Å². The molecule has 1 N–H and O–H groups in total. The second kappa shape index (κ2) is 7.78. The molecule has 0 saturated carbocycles. The first-order valence-electron chi connectivity index (χ1n) is 7.30. The fourth-order valence-corrected chi connectivity index (χ4v) is 2.57. The first-order valence-corrected chi connectivity index (χ1v) is 8.09. The lowest BCUT2D eigenvalue weighted by Gasteiger charge is -2.15. The predicted molar refractivity (Wildman–Crippen MR) is 90.1 cm³/mol. The number of hydrogen-bond donors (Lipinski definition) is 1. The number of benzene rings is 1. The van der Waals surface area contributed by atoms with Crippen LogP contribution in [0.2, 0.25) is 0 Å². The largest absolute Gasteiger partial charge is 0.463 e. The van der Waals surface area contributed by atoms with Crippen LogP contribution in [0.25, 0.3) is 0 Å². The molecule has 4 heteroatoms. The zero-order valence-corrected chi connectivity index (χ0v) is 14.5. The summed E-state index contributed by atoms with van der Waals surface area (Å²) < 4.78 is 7.05. The van der Waals surface area contributed by atoms with E-state index in [-0.39, 0.29) is 0 Å². The number of halogens is 1. The Labute approximate surface area is 135 Å². The van der Waals surface area contributed by atoms with E-state index in [9.17, 15) is 0 Å². The lowest BCUT2D eigenvalue weighted by atomic mass is 10.2. The molecular formula is C17H23BrN2O. The van der Waals surface area contributed by atoms with Gasteiger partial charge < -0.3 is 9.73 Å². The third-order valence-corrected chi connectivity index (χ3v) is 3.93. The van der Waals surface area contributed by atoms with E-state index in [1.165, 1.54) is 11.1 Å². The third-order valence-electron chi connectivity index (χ3n) is 3.40. The lowest BCUT2D eigenvalue weighted by molar-refractivity contribution is 0.282. The molecule has 1 heterocycles. The normalized spacial score (nSPS) is 11.3. The fraction of sp³-hybridized carbons (Fsp3) is 0.412. The maximum atomic E-state index is 5.93. The van der Waals surface area contributed by atoms with Gasteiger partial charge in [-0.05, 0) is 49.8 Å². The van der Waals surface area contributed by atoms with Gasteiger partial charge >= 0.3 is 0 Å². The summed E-state index contributed by atoms with van der Waals surface area (Å²) in [4.78, 5) is 2.26. The van der Waals surface area contributed by atoms with Gasteiger partial charge in [0.05, 0.1) is 13.1 Å². The standard InChI is InChI=1S/C17H23BrN2O/c1-4-19-10-17-13(2)9-16(21-17)12-20(3)11-14-5-7-15(18)8-6-14/h5-9,19H,4,10-12H2,1-3H3. The Morgan fingerprint density at radius 1 is 1.19 bits per heavy atom. The number of nitrogens with zero attached hydrogens (tertiary/aromatic N) is 1. The Balaban J connectivity index is 1.93. The van der Waals surface area contributed by atoms with Crippen molar-refractivity contribution in [3.63, 3.8) is 0 Å². The van der Waals surface area contributed by atoms with Gasteiger partial charge in [0.25, 0.3) is 0 Å². The van der Waals surface area contributed by atoms with Crippen molar-refractivity contribution in [3.8, 4) is 0 Å². The minimum absolute atomic E-state index is 0.804. The number of aryl methyl sites for hydroxylation is 1. The molecule has 0 radical (unpaired) electrons. The molecule has 0 atom stereocenters. The molecule has 0 saturated heterocycles. The zero-order valence-electron chi connectivity index (χ0n) is 12.9. The van der Waals surface area contributed by atoms with Crippen molar-refractivity contribution in [1.82, 2.24) is 10.2 Å². The first kappa shape index (κ1) is 16.3. The van der Waals surface area contributed by atoms with Crippen LogP contribution in [0, 0.1) is 6.92 Å². The highest BCUT2D eigenvalue weighted by Gasteiger charge is 2.09. The molecule has 0 unspecified atom stereocenters. The van der Waals surface area contributed by atoms with E-state index >= 15 is 0 Å². The van der Waals surface area contributed by atoms with Gasteiger partial charge in [-0.2, -0.15) is 0 Å². The number of nitrogens with one attached hydrogen (secondary N) is 1. The van der Waals surface area contributed by atoms with E-state index in [4.69, 9.17) is 4.42 Å². The van der Waals surface area contributed by atoms with E-state index in [2.05, 4.69) is 77.4 Å². The summed E-state index contributed by atoms with van der Waals surface area (Å²) >= 11 is 3.46. The quantitative estimate of drug-likeness (QED) is 0.814. The first-order chi connectivity index (χ1) is 10.1. The summed E-state index contributed by atoms with van der Waals surface area (Å²) in [5.41, 5.74) is 2.53. The van der Waals surface area contributed by atoms with Gasteiger partial charge in [-0.3, -0.25) is 4.90 Å². The Morgan fingerprint density at radius 2 is 1.90 bits per heavy atom. The molecule has 0 aliphatic carbocycles. The molecule has 0 aliphatic rings. The van der Waals surface area contributed by atoms with Crippen LogP contribution in [-0.2, 0) is 19.6 Å². The van der Waals surface area contributed by atoms with Gasteiger partial charge in [0.15, 0.2) is 0 Å². The fourth-order valence-electron chi connectivity index (χ4n) is 2.31. The average molecular weight is 351 g/mol. The molecule has 21 heavy (non-hydrogen) atoms. The Kier molecular flexibility index (Phi) is 6.03. The van der Waals surface area contributed by atoms with Gasteiger partial charge in [0.1, 0.15) is 11.5 Å². The molecule has 114 valence electrons. The summed E-state index contributed by atoms with van der Waals surface area (Å²) in [6, 6.07) is 10.6. The monoisotopic (exact) mass is 350 g/mol. The zero-order chi connectivity index (χ0) is 15.2. The van der Waals surface area contributed by atoms with Crippen LogP contribution in [0.15, 0.2) is 39.2 Å². The topological polar surface area (TPSA) is 28.4 Å². The molecule has 2 rings (SSSR count). The number of hydrogen-bond acceptors (Lipinski definition) is 3. The van der Waals surface area contributed by atoms with Crippen LogP contribution in [0.3, 0.4) is 0 Å². The van der Waals surface area contributed by atoms with E-state index in [0.717, 1.165) is 42.2 Å². The third kappa shape index (κ3) is 4.99. The van der Waals surface area contributed by atoms with Crippen molar-refractivity contribution < 1.29 is 4.42 Å². The highest BCUT2D eigenvalue weighted by atomic mass is 79.9. The summed E-state index contributed by atoms with van der Waals surface area (Å²) in [5, 5.41) is 3.31. The SMILES string of the molecule is CCNCc1oc(CN(C)Cc2ccc(Br)cc2)cc1C. The summed E-state index contributed by atoms with van der Waals surface area (Å²) in [5.74, 6) is 2.07. The molecule has 2 aromatic rings. The van der Waals surface area contributed by atoms with Crippen LogP contribution < -0.4 is 5.32 Å².